The molecule has 0 aliphatic carbocycles. The molecule has 0 spiro atoms. The van der Waals surface area contributed by atoms with Crippen LogP contribution in [0.3, 0.4) is 0 Å². The summed E-state index contributed by atoms with van der Waals surface area (Å²) < 4.78 is 16.3. The zero-order valence-corrected chi connectivity index (χ0v) is 12.2. The van der Waals surface area contributed by atoms with Crippen LogP contribution in [-0.2, 0) is 25.5 Å². The number of benzene rings is 1. The maximum absolute atomic E-state index is 12.3. The lowest BCUT2D eigenvalue weighted by Crippen LogP contribution is -2.70. The Morgan fingerprint density at radius 1 is 1.29 bits per heavy atom. The number of β-lactam (4-membered cyclic amide) rings is 1. The quantitative estimate of drug-likeness (QED) is 0.611. The number of amides is 1. The van der Waals surface area contributed by atoms with Crippen LogP contribution in [0.4, 0.5) is 0 Å². The van der Waals surface area contributed by atoms with Crippen LogP contribution in [0.2, 0.25) is 0 Å². The molecule has 1 amide bonds. The van der Waals surface area contributed by atoms with Gasteiger partial charge in [-0.1, -0.05) is 30.3 Å². The van der Waals surface area contributed by atoms with E-state index in [2.05, 4.69) is 0 Å². The van der Waals surface area contributed by atoms with Crippen molar-refractivity contribution in [3.63, 3.8) is 0 Å². The second-order valence-corrected chi connectivity index (χ2v) is 5.30. The molecule has 5 nitrogen and oxygen atoms in total. The third-order valence-electron chi connectivity index (χ3n) is 3.82. The van der Waals surface area contributed by atoms with Crippen LogP contribution in [0.1, 0.15) is 12.5 Å². The summed E-state index contributed by atoms with van der Waals surface area (Å²) in [6.07, 6.45) is 1.29. The molecule has 0 saturated carbocycles. The molecule has 2 heterocycles. The average molecular weight is 289 g/mol. The molecule has 5 heteroatoms. The highest BCUT2D eigenvalue weighted by atomic mass is 16.7. The number of methoxy groups -OCH3 is 1. The van der Waals surface area contributed by atoms with E-state index in [4.69, 9.17) is 14.2 Å². The lowest BCUT2D eigenvalue weighted by atomic mass is 9.89. The van der Waals surface area contributed by atoms with Gasteiger partial charge in [0.2, 0.25) is 0 Å². The number of likely N-dealkylation sites (tertiary alicyclic amines) is 1. The summed E-state index contributed by atoms with van der Waals surface area (Å²) in [5, 5.41) is 0. The number of rotatable bonds is 5. The fourth-order valence-electron chi connectivity index (χ4n) is 2.83. The zero-order chi connectivity index (χ0) is 14.8. The number of hydrogen-bond acceptors (Lipinski definition) is 4. The van der Waals surface area contributed by atoms with Gasteiger partial charge in [-0.15, -0.1) is 0 Å². The van der Waals surface area contributed by atoms with Gasteiger partial charge in [0.1, 0.15) is 18.9 Å². The van der Waals surface area contributed by atoms with Crippen LogP contribution < -0.4 is 0 Å². The van der Waals surface area contributed by atoms with E-state index < -0.39 is 6.10 Å². The van der Waals surface area contributed by atoms with Gasteiger partial charge in [-0.3, -0.25) is 4.79 Å². The average Bonchev–Trinajstić information content (AvgIpc) is 2.51. The Morgan fingerprint density at radius 2 is 2.05 bits per heavy atom. The van der Waals surface area contributed by atoms with Gasteiger partial charge in [0.15, 0.2) is 6.10 Å². The normalized spacial score (nSPS) is 27.5. The fraction of sp³-hybridized carbons (Fsp3) is 0.438. The van der Waals surface area contributed by atoms with E-state index in [1.165, 1.54) is 0 Å². The molecule has 0 bridgehead atoms. The number of carbonyl (C=O) groups excluding carboxylic acids is 1. The molecule has 0 unspecified atom stereocenters. The lowest BCUT2D eigenvalue weighted by Gasteiger charge is -2.51. The SMILES string of the molecule is COCO[C@@H]1C=C(C)O[C@H]2C(=O)N(Cc3ccccc3)[C@@H]12. The van der Waals surface area contributed by atoms with Gasteiger partial charge in [-0.25, -0.2) is 0 Å². The zero-order valence-electron chi connectivity index (χ0n) is 12.2. The number of hydrogen-bond donors (Lipinski definition) is 0. The molecular formula is C16H19NO4. The number of ether oxygens (including phenoxy) is 3. The Labute approximate surface area is 124 Å². The number of nitrogens with zero attached hydrogens (tertiary/aromatic N) is 1. The minimum Gasteiger partial charge on any atom is -0.483 e. The molecule has 2 aliphatic rings. The van der Waals surface area contributed by atoms with Crippen molar-refractivity contribution in [1.29, 1.82) is 0 Å². The topological polar surface area (TPSA) is 48.0 Å². The van der Waals surface area contributed by atoms with Gasteiger partial charge in [0.05, 0.1) is 5.76 Å². The maximum Gasteiger partial charge on any atom is 0.266 e. The second-order valence-electron chi connectivity index (χ2n) is 5.30. The van der Waals surface area contributed by atoms with Crippen LogP contribution >= 0.6 is 0 Å². The van der Waals surface area contributed by atoms with Crippen LogP contribution in [0.25, 0.3) is 0 Å². The highest BCUT2D eigenvalue weighted by Gasteiger charge is 2.54. The van der Waals surface area contributed by atoms with Crippen LogP contribution in [0.15, 0.2) is 42.2 Å². The van der Waals surface area contributed by atoms with E-state index in [0.717, 1.165) is 11.3 Å². The van der Waals surface area contributed by atoms with Crippen LogP contribution in [0.5, 0.6) is 0 Å². The van der Waals surface area contributed by atoms with Gasteiger partial charge >= 0.3 is 0 Å². The molecular weight excluding hydrogens is 270 g/mol. The first-order valence-corrected chi connectivity index (χ1v) is 7.00. The summed E-state index contributed by atoms with van der Waals surface area (Å²) in [7, 11) is 1.58. The number of fused-ring (bicyclic) bond motifs is 1. The van der Waals surface area contributed by atoms with Crippen LogP contribution in [-0.4, -0.2) is 43.0 Å². The molecule has 0 N–H and O–H groups in total. The third kappa shape index (κ3) is 2.66. The molecule has 0 aromatic heterocycles. The summed E-state index contributed by atoms with van der Waals surface area (Å²) in [6.45, 7) is 2.61. The van der Waals surface area contributed by atoms with E-state index in [-0.39, 0.29) is 24.8 Å². The summed E-state index contributed by atoms with van der Waals surface area (Å²) >= 11 is 0. The standard InChI is InChI=1S/C16H19NO4/c1-11-8-13(20-10-19-2)14-15(21-11)16(18)17(14)9-12-6-4-3-5-7-12/h3-8,13-15H,9-10H2,1-2H3/t13-,14+,15-/m1/s1. The van der Waals surface area contributed by atoms with Crippen molar-refractivity contribution in [1.82, 2.24) is 4.90 Å². The van der Waals surface area contributed by atoms with Gasteiger partial charge in [0.25, 0.3) is 5.91 Å². The second kappa shape index (κ2) is 5.87. The Morgan fingerprint density at radius 3 is 2.76 bits per heavy atom. The van der Waals surface area contributed by atoms with E-state index in [1.54, 1.807) is 7.11 Å². The van der Waals surface area contributed by atoms with Crippen molar-refractivity contribution < 1.29 is 19.0 Å². The first kappa shape index (κ1) is 14.1. The predicted octanol–water partition coefficient (Wildman–Crippen LogP) is 1.69. The third-order valence-corrected chi connectivity index (χ3v) is 3.82. The van der Waals surface area contributed by atoms with Crippen molar-refractivity contribution in [2.75, 3.05) is 13.9 Å². The van der Waals surface area contributed by atoms with Gasteiger partial charge in [-0.05, 0) is 18.6 Å². The molecule has 1 aromatic carbocycles. The smallest absolute Gasteiger partial charge is 0.266 e. The number of carbonyl (C=O) groups is 1. The molecule has 21 heavy (non-hydrogen) atoms. The van der Waals surface area contributed by atoms with Crippen molar-refractivity contribution >= 4 is 5.91 Å². The molecule has 1 aromatic rings. The first-order valence-electron chi connectivity index (χ1n) is 7.00. The maximum atomic E-state index is 12.3. The van der Waals surface area contributed by atoms with Crippen LogP contribution in [0, 0.1) is 0 Å². The summed E-state index contributed by atoms with van der Waals surface area (Å²) in [5.74, 6) is 0.743. The predicted molar refractivity (Wildman–Crippen MR) is 76.2 cm³/mol. The highest BCUT2D eigenvalue weighted by Crippen LogP contribution is 2.34. The van der Waals surface area contributed by atoms with Crippen molar-refractivity contribution in [2.24, 2.45) is 0 Å². The number of allylic oxidation sites excluding steroid dienone is 1. The fourth-order valence-corrected chi connectivity index (χ4v) is 2.83. The monoisotopic (exact) mass is 289 g/mol. The molecule has 3 rings (SSSR count). The molecule has 1 saturated heterocycles. The molecule has 112 valence electrons. The highest BCUT2D eigenvalue weighted by molar-refractivity contribution is 5.89. The van der Waals surface area contributed by atoms with Crippen molar-refractivity contribution in [3.05, 3.63) is 47.7 Å². The van der Waals surface area contributed by atoms with E-state index in [1.807, 2.05) is 48.2 Å². The van der Waals surface area contributed by atoms with E-state index >= 15 is 0 Å². The van der Waals surface area contributed by atoms with Gasteiger partial charge in [-0.2, -0.15) is 0 Å². The Bertz CT molecular complexity index is 542. The summed E-state index contributed by atoms with van der Waals surface area (Å²) in [4.78, 5) is 14.1. The van der Waals surface area contributed by atoms with Crippen molar-refractivity contribution in [2.45, 2.75) is 31.7 Å². The minimum absolute atomic E-state index is 0.0160. The minimum atomic E-state index is -0.430. The molecule has 1 fully saturated rings. The largest absolute Gasteiger partial charge is 0.483 e. The Kier molecular flexibility index (Phi) is 3.94. The Balaban J connectivity index is 1.75. The molecule has 2 aliphatic heterocycles. The Hall–Kier alpha value is -1.85. The lowest BCUT2D eigenvalue weighted by molar-refractivity contribution is -0.192. The van der Waals surface area contributed by atoms with Gasteiger partial charge in [0, 0.05) is 13.7 Å². The molecule has 0 radical (unpaired) electrons. The summed E-state index contributed by atoms with van der Waals surface area (Å²) in [5.41, 5.74) is 1.10. The summed E-state index contributed by atoms with van der Waals surface area (Å²) in [6, 6.07) is 9.84. The van der Waals surface area contributed by atoms with Crippen molar-refractivity contribution in [3.8, 4) is 0 Å². The van der Waals surface area contributed by atoms with E-state index in [9.17, 15) is 4.79 Å². The molecule has 3 atom stereocenters. The van der Waals surface area contributed by atoms with Gasteiger partial charge < -0.3 is 19.1 Å². The first-order chi connectivity index (χ1) is 10.2. The van der Waals surface area contributed by atoms with E-state index in [0.29, 0.717) is 6.54 Å².